The van der Waals surface area contributed by atoms with E-state index >= 15 is 0 Å². The molecule has 6 nitrogen and oxygen atoms in total. The van der Waals surface area contributed by atoms with Crippen LogP contribution < -0.4 is 5.32 Å². The maximum atomic E-state index is 12.3. The normalized spacial score (nSPS) is 23.1. The first-order valence-electron chi connectivity index (χ1n) is 5.53. The Hall–Kier alpha value is -0.660. The molecular weight excluding hydrogens is 244 g/mol. The molecule has 0 aromatic carbocycles. The van der Waals surface area contributed by atoms with E-state index < -0.39 is 26.8 Å². The highest BCUT2D eigenvalue weighted by Gasteiger charge is 2.43. The van der Waals surface area contributed by atoms with E-state index in [1.807, 2.05) is 13.8 Å². The highest BCUT2D eigenvalue weighted by atomic mass is 32.2. The molecule has 7 heteroatoms. The van der Waals surface area contributed by atoms with E-state index in [1.54, 1.807) is 0 Å². The lowest BCUT2D eigenvalue weighted by atomic mass is 10.0. The van der Waals surface area contributed by atoms with Crippen molar-refractivity contribution in [2.75, 3.05) is 26.7 Å². The SMILES string of the molecule is COC(=O)C(C)S(=O)(=O)N1CCNCC1(C)C. The molecule has 1 aliphatic heterocycles. The van der Waals surface area contributed by atoms with Gasteiger partial charge in [-0.1, -0.05) is 0 Å². The number of nitrogens with zero attached hydrogens (tertiary/aromatic N) is 1. The summed E-state index contributed by atoms with van der Waals surface area (Å²) in [7, 11) is -2.47. The van der Waals surface area contributed by atoms with Gasteiger partial charge in [0.15, 0.2) is 5.25 Å². The lowest BCUT2D eigenvalue weighted by molar-refractivity contribution is -0.139. The first-order valence-corrected chi connectivity index (χ1v) is 7.04. The number of esters is 1. The molecule has 1 N–H and O–H groups in total. The predicted octanol–water partition coefficient (Wildman–Crippen LogP) is -0.438. The summed E-state index contributed by atoms with van der Waals surface area (Å²) in [6.07, 6.45) is 0. The molecule has 0 spiro atoms. The molecule has 1 rings (SSSR count). The van der Waals surface area contributed by atoms with Crippen LogP contribution in [-0.2, 0) is 19.6 Å². The van der Waals surface area contributed by atoms with Crippen LogP contribution in [0.5, 0.6) is 0 Å². The van der Waals surface area contributed by atoms with E-state index in [9.17, 15) is 13.2 Å². The summed E-state index contributed by atoms with van der Waals surface area (Å²) in [5.41, 5.74) is -0.528. The number of piperazine rings is 1. The van der Waals surface area contributed by atoms with Crippen molar-refractivity contribution < 1.29 is 17.9 Å². The standard InChI is InChI=1S/C10H20N2O4S/c1-8(9(13)16-4)17(14,15)12-6-5-11-7-10(12,2)3/h8,11H,5-7H2,1-4H3. The van der Waals surface area contributed by atoms with Crippen LogP contribution in [0.15, 0.2) is 0 Å². The number of carbonyl (C=O) groups is 1. The van der Waals surface area contributed by atoms with Gasteiger partial charge in [-0.2, -0.15) is 4.31 Å². The van der Waals surface area contributed by atoms with Crippen LogP contribution in [0.3, 0.4) is 0 Å². The molecule has 0 bridgehead atoms. The van der Waals surface area contributed by atoms with Gasteiger partial charge in [-0.05, 0) is 20.8 Å². The third-order valence-corrected chi connectivity index (χ3v) is 5.39. The van der Waals surface area contributed by atoms with Gasteiger partial charge in [0.2, 0.25) is 10.0 Å². The van der Waals surface area contributed by atoms with Crippen molar-refractivity contribution in [2.45, 2.75) is 31.6 Å². The molecule has 0 saturated carbocycles. The van der Waals surface area contributed by atoms with Crippen LogP contribution >= 0.6 is 0 Å². The first-order chi connectivity index (χ1) is 7.73. The van der Waals surface area contributed by atoms with E-state index in [2.05, 4.69) is 10.1 Å². The van der Waals surface area contributed by atoms with Crippen LogP contribution in [0, 0.1) is 0 Å². The van der Waals surface area contributed by atoms with Crippen LogP contribution in [0.25, 0.3) is 0 Å². The van der Waals surface area contributed by atoms with E-state index in [1.165, 1.54) is 18.3 Å². The van der Waals surface area contributed by atoms with Gasteiger partial charge in [-0.15, -0.1) is 0 Å². The van der Waals surface area contributed by atoms with Crippen LogP contribution in [0.1, 0.15) is 20.8 Å². The smallest absolute Gasteiger partial charge is 0.325 e. The number of hydrogen-bond acceptors (Lipinski definition) is 5. The zero-order valence-electron chi connectivity index (χ0n) is 10.7. The number of ether oxygens (including phenoxy) is 1. The second-order valence-electron chi connectivity index (χ2n) is 4.77. The molecule has 0 aliphatic carbocycles. The Kier molecular flexibility index (Phi) is 4.16. The van der Waals surface area contributed by atoms with Crippen molar-refractivity contribution in [2.24, 2.45) is 0 Å². The Morgan fingerprint density at radius 3 is 2.53 bits per heavy atom. The Labute approximate surface area is 102 Å². The van der Waals surface area contributed by atoms with Gasteiger partial charge in [0.1, 0.15) is 0 Å². The Morgan fingerprint density at radius 1 is 1.47 bits per heavy atom. The minimum Gasteiger partial charge on any atom is -0.468 e. The van der Waals surface area contributed by atoms with E-state index in [0.29, 0.717) is 19.6 Å². The number of carbonyl (C=O) groups excluding carboxylic acids is 1. The highest BCUT2D eigenvalue weighted by molar-refractivity contribution is 7.90. The maximum Gasteiger partial charge on any atom is 0.325 e. The summed E-state index contributed by atoms with van der Waals surface area (Å²) in [6.45, 7) is 6.56. The molecule has 0 radical (unpaired) electrons. The Bertz CT molecular complexity index is 391. The van der Waals surface area contributed by atoms with Crippen molar-refractivity contribution in [3.8, 4) is 0 Å². The number of sulfonamides is 1. The van der Waals surface area contributed by atoms with Gasteiger partial charge in [0, 0.05) is 25.2 Å². The zero-order chi connectivity index (χ0) is 13.3. The predicted molar refractivity (Wildman–Crippen MR) is 64.1 cm³/mol. The van der Waals surface area contributed by atoms with Crippen LogP contribution in [0.2, 0.25) is 0 Å². The largest absolute Gasteiger partial charge is 0.468 e. The average Bonchev–Trinajstić information content (AvgIpc) is 2.25. The Balaban J connectivity index is 3.00. The van der Waals surface area contributed by atoms with Gasteiger partial charge in [0.25, 0.3) is 0 Å². The quantitative estimate of drug-likeness (QED) is 0.700. The van der Waals surface area contributed by atoms with Gasteiger partial charge in [0.05, 0.1) is 7.11 Å². The molecule has 100 valence electrons. The van der Waals surface area contributed by atoms with Crippen molar-refractivity contribution in [1.82, 2.24) is 9.62 Å². The van der Waals surface area contributed by atoms with Gasteiger partial charge in [-0.25, -0.2) is 8.42 Å². The number of hydrogen-bond donors (Lipinski definition) is 1. The summed E-state index contributed by atoms with van der Waals surface area (Å²) in [5.74, 6) is -0.723. The summed E-state index contributed by atoms with van der Waals surface area (Å²) in [4.78, 5) is 11.4. The summed E-state index contributed by atoms with van der Waals surface area (Å²) in [6, 6.07) is 0. The monoisotopic (exact) mass is 264 g/mol. The molecule has 1 heterocycles. The fraction of sp³-hybridized carbons (Fsp3) is 0.900. The minimum atomic E-state index is -3.66. The zero-order valence-corrected chi connectivity index (χ0v) is 11.5. The van der Waals surface area contributed by atoms with Gasteiger partial charge >= 0.3 is 5.97 Å². The summed E-state index contributed by atoms with van der Waals surface area (Å²) in [5, 5.41) is 1.97. The van der Waals surface area contributed by atoms with E-state index in [0.717, 1.165) is 0 Å². The van der Waals surface area contributed by atoms with E-state index in [4.69, 9.17) is 0 Å². The third-order valence-electron chi connectivity index (χ3n) is 3.01. The number of nitrogens with one attached hydrogen (secondary N) is 1. The minimum absolute atomic E-state index is 0.372. The number of rotatable bonds is 3. The molecule has 1 aliphatic rings. The summed E-state index contributed by atoms with van der Waals surface area (Å²) < 4.78 is 30.5. The maximum absolute atomic E-state index is 12.3. The molecule has 0 amide bonds. The molecule has 1 atom stereocenters. The lowest BCUT2D eigenvalue weighted by Crippen LogP contribution is -2.61. The second kappa shape index (κ2) is 4.91. The second-order valence-corrected chi connectivity index (χ2v) is 6.95. The van der Waals surface area contributed by atoms with E-state index in [-0.39, 0.29) is 0 Å². The van der Waals surface area contributed by atoms with Gasteiger partial charge in [-0.3, -0.25) is 4.79 Å². The molecule has 1 saturated heterocycles. The highest BCUT2D eigenvalue weighted by Crippen LogP contribution is 2.23. The first kappa shape index (κ1) is 14.4. The van der Waals surface area contributed by atoms with Crippen molar-refractivity contribution >= 4 is 16.0 Å². The molecule has 1 fully saturated rings. The van der Waals surface area contributed by atoms with Crippen molar-refractivity contribution in [3.05, 3.63) is 0 Å². The lowest BCUT2D eigenvalue weighted by Gasteiger charge is -2.42. The fourth-order valence-corrected chi connectivity index (χ4v) is 3.74. The number of methoxy groups -OCH3 is 1. The fourth-order valence-electron chi connectivity index (χ4n) is 1.92. The van der Waals surface area contributed by atoms with Crippen LogP contribution in [-0.4, -0.2) is 56.2 Å². The third kappa shape index (κ3) is 2.78. The molecule has 17 heavy (non-hydrogen) atoms. The molecule has 0 aromatic heterocycles. The van der Waals surface area contributed by atoms with Gasteiger partial charge < -0.3 is 10.1 Å². The molecule has 1 unspecified atom stereocenters. The van der Waals surface area contributed by atoms with Crippen LogP contribution in [0.4, 0.5) is 0 Å². The molecule has 0 aromatic rings. The topological polar surface area (TPSA) is 75.7 Å². The summed E-state index contributed by atoms with van der Waals surface area (Å²) >= 11 is 0. The average molecular weight is 264 g/mol. The Morgan fingerprint density at radius 2 is 2.06 bits per heavy atom. The van der Waals surface area contributed by atoms with Crippen molar-refractivity contribution in [1.29, 1.82) is 0 Å². The molecular formula is C10H20N2O4S. The van der Waals surface area contributed by atoms with Crippen molar-refractivity contribution in [3.63, 3.8) is 0 Å².